The predicted octanol–water partition coefficient (Wildman–Crippen LogP) is 4.18. The minimum Gasteiger partial charge on any atom is -0.493 e. The Balaban J connectivity index is 2.13. The van der Waals surface area contributed by atoms with Crippen molar-refractivity contribution in [1.29, 1.82) is 0 Å². The van der Waals surface area contributed by atoms with Crippen molar-refractivity contribution < 1.29 is 27.4 Å². The molecule has 1 amide bonds. The summed E-state index contributed by atoms with van der Waals surface area (Å²) in [6, 6.07) is 9.62. The molecule has 8 nitrogen and oxygen atoms in total. The molecule has 0 spiro atoms. The third-order valence-electron chi connectivity index (χ3n) is 4.82. The van der Waals surface area contributed by atoms with Gasteiger partial charge >= 0.3 is 0 Å². The summed E-state index contributed by atoms with van der Waals surface area (Å²) in [6.07, 6.45) is 4.47. The van der Waals surface area contributed by atoms with Crippen molar-refractivity contribution in [1.82, 2.24) is 4.31 Å². The first-order valence-corrected chi connectivity index (χ1v) is 12.1. The van der Waals surface area contributed by atoms with Crippen molar-refractivity contribution in [2.45, 2.75) is 31.6 Å². The molecule has 180 valence electrons. The normalized spacial score (nSPS) is 11.6. The molecule has 0 heterocycles. The molecule has 0 radical (unpaired) electrons. The number of methoxy groups -OCH3 is 3. The number of hydrogen-bond donors (Lipinski definition) is 1. The summed E-state index contributed by atoms with van der Waals surface area (Å²) < 4.78 is 43.1. The van der Waals surface area contributed by atoms with Gasteiger partial charge in [-0.2, -0.15) is 4.31 Å². The molecular formula is C24H32N2O6S. The lowest BCUT2D eigenvalue weighted by atomic mass is 10.1. The van der Waals surface area contributed by atoms with Crippen LogP contribution in [0.3, 0.4) is 0 Å². The lowest BCUT2D eigenvalue weighted by molar-refractivity contribution is -0.111. The van der Waals surface area contributed by atoms with E-state index in [2.05, 4.69) is 5.32 Å². The monoisotopic (exact) mass is 476 g/mol. The molecule has 2 rings (SSSR count). The molecule has 2 aromatic rings. The number of rotatable bonds is 12. The molecule has 0 aliphatic rings. The fourth-order valence-electron chi connectivity index (χ4n) is 3.26. The molecule has 0 aliphatic carbocycles. The van der Waals surface area contributed by atoms with Gasteiger partial charge < -0.3 is 19.5 Å². The lowest BCUT2D eigenvalue weighted by Crippen LogP contribution is -2.32. The van der Waals surface area contributed by atoms with E-state index in [0.717, 1.165) is 12.8 Å². The predicted molar refractivity (Wildman–Crippen MR) is 130 cm³/mol. The van der Waals surface area contributed by atoms with Crippen LogP contribution in [-0.2, 0) is 14.8 Å². The van der Waals surface area contributed by atoms with Crippen LogP contribution in [0.15, 0.2) is 47.4 Å². The molecule has 0 unspecified atom stereocenters. The molecule has 1 N–H and O–H groups in total. The number of sulfonamides is 1. The highest BCUT2D eigenvalue weighted by molar-refractivity contribution is 7.89. The van der Waals surface area contributed by atoms with Gasteiger partial charge in [0.2, 0.25) is 21.7 Å². The van der Waals surface area contributed by atoms with E-state index in [1.807, 2.05) is 13.8 Å². The first-order chi connectivity index (χ1) is 15.8. The quantitative estimate of drug-likeness (QED) is 0.462. The van der Waals surface area contributed by atoms with Gasteiger partial charge in [0.05, 0.1) is 26.2 Å². The van der Waals surface area contributed by atoms with Gasteiger partial charge in [-0.05, 0) is 60.9 Å². The number of carbonyl (C=O) groups is 1. The van der Waals surface area contributed by atoms with Crippen LogP contribution >= 0.6 is 0 Å². The van der Waals surface area contributed by atoms with E-state index in [-0.39, 0.29) is 10.8 Å². The molecule has 0 aliphatic heterocycles. The average Bonchev–Trinajstić information content (AvgIpc) is 2.82. The number of benzene rings is 2. The zero-order valence-corrected chi connectivity index (χ0v) is 20.6. The van der Waals surface area contributed by atoms with Crippen LogP contribution in [0.25, 0.3) is 6.08 Å². The second kappa shape index (κ2) is 12.3. The summed E-state index contributed by atoms with van der Waals surface area (Å²) in [4.78, 5) is 12.6. The SMILES string of the molecule is CCCN(CCC)S(=O)(=O)c1ccc(NC(=O)/C=C/c2cc(OC)c(OC)c(OC)c2)cc1. The average molecular weight is 477 g/mol. The van der Waals surface area contributed by atoms with E-state index in [4.69, 9.17) is 14.2 Å². The van der Waals surface area contributed by atoms with Crippen LogP contribution in [0.4, 0.5) is 5.69 Å². The third kappa shape index (κ3) is 6.72. The zero-order valence-electron chi connectivity index (χ0n) is 19.8. The lowest BCUT2D eigenvalue weighted by Gasteiger charge is -2.21. The van der Waals surface area contributed by atoms with Crippen molar-refractivity contribution in [3.05, 3.63) is 48.0 Å². The Morgan fingerprint density at radius 2 is 1.48 bits per heavy atom. The van der Waals surface area contributed by atoms with Crippen LogP contribution in [0.2, 0.25) is 0 Å². The molecule has 2 aromatic carbocycles. The van der Waals surface area contributed by atoms with E-state index < -0.39 is 10.0 Å². The number of anilines is 1. The molecular weight excluding hydrogens is 444 g/mol. The van der Waals surface area contributed by atoms with Crippen LogP contribution < -0.4 is 19.5 Å². The van der Waals surface area contributed by atoms with Crippen LogP contribution in [0.1, 0.15) is 32.3 Å². The van der Waals surface area contributed by atoms with Crippen LogP contribution in [0.5, 0.6) is 17.2 Å². The number of nitrogens with one attached hydrogen (secondary N) is 1. The Kier molecular flexibility index (Phi) is 9.74. The molecule has 0 aromatic heterocycles. The maximum absolute atomic E-state index is 12.9. The Bertz CT molecular complexity index is 1030. The highest BCUT2D eigenvalue weighted by Gasteiger charge is 2.22. The van der Waals surface area contributed by atoms with E-state index in [1.165, 1.54) is 43.8 Å². The molecule has 0 saturated carbocycles. The highest BCUT2D eigenvalue weighted by atomic mass is 32.2. The van der Waals surface area contributed by atoms with E-state index in [9.17, 15) is 13.2 Å². The number of amides is 1. The van der Waals surface area contributed by atoms with Crippen LogP contribution in [0, 0.1) is 0 Å². The largest absolute Gasteiger partial charge is 0.493 e. The molecule has 0 saturated heterocycles. The second-order valence-corrected chi connectivity index (χ2v) is 9.15. The van der Waals surface area contributed by atoms with Crippen molar-refractivity contribution in [2.75, 3.05) is 39.7 Å². The number of ether oxygens (including phenoxy) is 3. The third-order valence-corrected chi connectivity index (χ3v) is 6.73. The van der Waals surface area contributed by atoms with E-state index >= 15 is 0 Å². The molecule has 0 bridgehead atoms. The summed E-state index contributed by atoms with van der Waals surface area (Å²) in [5, 5.41) is 2.73. The maximum atomic E-state index is 12.9. The zero-order chi connectivity index (χ0) is 24.4. The minimum absolute atomic E-state index is 0.204. The van der Waals surface area contributed by atoms with Gasteiger partial charge in [0.1, 0.15) is 0 Å². The summed E-state index contributed by atoms with van der Waals surface area (Å²) in [5.41, 5.74) is 1.18. The standard InChI is InChI=1S/C24H32N2O6S/c1-6-14-26(15-7-2)33(28,29)20-11-9-19(10-12-20)25-23(27)13-8-18-16-21(30-3)24(32-5)22(17-18)31-4/h8-13,16-17H,6-7,14-15H2,1-5H3,(H,25,27)/b13-8+. The van der Waals surface area contributed by atoms with Gasteiger partial charge in [0, 0.05) is 24.9 Å². The molecule has 0 atom stereocenters. The molecule has 9 heteroatoms. The first-order valence-electron chi connectivity index (χ1n) is 10.7. The summed E-state index contributed by atoms with van der Waals surface area (Å²) >= 11 is 0. The molecule has 0 fully saturated rings. The summed E-state index contributed by atoms with van der Waals surface area (Å²) in [7, 11) is 0.993. The van der Waals surface area contributed by atoms with Gasteiger partial charge in [-0.25, -0.2) is 8.42 Å². The summed E-state index contributed by atoms with van der Waals surface area (Å²) in [5.74, 6) is 1.06. The Morgan fingerprint density at radius 3 is 1.94 bits per heavy atom. The van der Waals surface area contributed by atoms with Gasteiger partial charge in [-0.15, -0.1) is 0 Å². The van der Waals surface area contributed by atoms with Crippen molar-refractivity contribution >= 4 is 27.7 Å². The fraction of sp³-hybridized carbons (Fsp3) is 0.375. The first kappa shape index (κ1) is 26.2. The van der Waals surface area contributed by atoms with Crippen molar-refractivity contribution in [3.8, 4) is 17.2 Å². The van der Waals surface area contributed by atoms with E-state index in [0.29, 0.717) is 41.6 Å². The van der Waals surface area contributed by atoms with E-state index in [1.54, 1.807) is 30.3 Å². The molecule has 33 heavy (non-hydrogen) atoms. The Labute approximate surface area is 196 Å². The number of carbonyl (C=O) groups excluding carboxylic acids is 1. The maximum Gasteiger partial charge on any atom is 0.248 e. The van der Waals surface area contributed by atoms with Crippen LogP contribution in [-0.4, -0.2) is 53.0 Å². The Morgan fingerprint density at radius 1 is 0.939 bits per heavy atom. The van der Waals surface area contributed by atoms with Gasteiger partial charge in [0.25, 0.3) is 0 Å². The van der Waals surface area contributed by atoms with Gasteiger partial charge in [0.15, 0.2) is 11.5 Å². The van der Waals surface area contributed by atoms with Crippen molar-refractivity contribution in [2.24, 2.45) is 0 Å². The smallest absolute Gasteiger partial charge is 0.248 e. The number of hydrogen-bond acceptors (Lipinski definition) is 6. The summed E-state index contributed by atoms with van der Waals surface area (Å²) in [6.45, 7) is 4.84. The van der Waals surface area contributed by atoms with Crippen molar-refractivity contribution in [3.63, 3.8) is 0 Å². The second-order valence-electron chi connectivity index (χ2n) is 7.21. The van der Waals surface area contributed by atoms with Gasteiger partial charge in [-0.1, -0.05) is 13.8 Å². The highest BCUT2D eigenvalue weighted by Crippen LogP contribution is 2.38. The van der Waals surface area contributed by atoms with Gasteiger partial charge in [-0.3, -0.25) is 4.79 Å². The topological polar surface area (TPSA) is 94.2 Å². The number of nitrogens with zero attached hydrogens (tertiary/aromatic N) is 1. The minimum atomic E-state index is -3.56. The fourth-order valence-corrected chi connectivity index (χ4v) is 4.89. The Hall–Kier alpha value is -3.04.